The van der Waals surface area contributed by atoms with E-state index in [1.54, 1.807) is 6.20 Å². The minimum absolute atomic E-state index is 0.0938. The third-order valence-corrected chi connectivity index (χ3v) is 5.18. The molecule has 1 aliphatic heterocycles. The number of nitrogens with zero attached hydrogens (tertiary/aromatic N) is 2. The zero-order valence-electron chi connectivity index (χ0n) is 9.63. The summed E-state index contributed by atoms with van der Waals surface area (Å²) in [5, 5.41) is 0.486. The number of sulfone groups is 1. The van der Waals surface area contributed by atoms with Gasteiger partial charge in [0.1, 0.15) is 5.15 Å². The van der Waals surface area contributed by atoms with Crippen LogP contribution in [0.2, 0.25) is 5.15 Å². The summed E-state index contributed by atoms with van der Waals surface area (Å²) in [5.41, 5.74) is 0.931. The first kappa shape index (κ1) is 12.8. The van der Waals surface area contributed by atoms with Crippen molar-refractivity contribution in [2.24, 2.45) is 0 Å². The Morgan fingerprint density at radius 3 is 2.94 bits per heavy atom. The van der Waals surface area contributed by atoms with Crippen molar-refractivity contribution in [1.82, 2.24) is 9.88 Å². The molecule has 2 rings (SSSR count). The Kier molecular flexibility index (Phi) is 3.70. The van der Waals surface area contributed by atoms with Crippen LogP contribution in [0.25, 0.3) is 0 Å². The fraction of sp³-hybridized carbons (Fsp3) is 0.545. The van der Waals surface area contributed by atoms with Gasteiger partial charge in [0.15, 0.2) is 9.84 Å². The first-order valence-electron chi connectivity index (χ1n) is 5.48. The molecular weight excluding hydrogens is 260 g/mol. The second-order valence-electron chi connectivity index (χ2n) is 4.43. The summed E-state index contributed by atoms with van der Waals surface area (Å²) in [5.74, 6) is 0.546. The molecule has 0 aromatic carbocycles. The summed E-state index contributed by atoms with van der Waals surface area (Å²) in [7, 11) is -0.908. The summed E-state index contributed by atoms with van der Waals surface area (Å²) >= 11 is 5.98. The normalized spacial score (nSPS) is 23.1. The molecule has 1 saturated heterocycles. The van der Waals surface area contributed by atoms with Crippen LogP contribution < -0.4 is 0 Å². The quantitative estimate of drug-likeness (QED) is 0.781. The molecule has 1 atom stereocenters. The number of aromatic nitrogens is 1. The van der Waals surface area contributed by atoms with Gasteiger partial charge in [0.05, 0.1) is 11.5 Å². The maximum Gasteiger partial charge on any atom is 0.151 e. The van der Waals surface area contributed by atoms with Gasteiger partial charge in [0.2, 0.25) is 0 Å². The number of hydrogen-bond acceptors (Lipinski definition) is 4. The first-order valence-corrected chi connectivity index (χ1v) is 7.68. The summed E-state index contributed by atoms with van der Waals surface area (Å²) < 4.78 is 22.8. The predicted molar refractivity (Wildman–Crippen MR) is 67.8 cm³/mol. The van der Waals surface area contributed by atoms with Crippen molar-refractivity contribution in [1.29, 1.82) is 0 Å². The van der Waals surface area contributed by atoms with E-state index in [0.29, 0.717) is 23.9 Å². The maximum absolute atomic E-state index is 11.4. The minimum atomic E-state index is -2.83. The van der Waals surface area contributed by atoms with Gasteiger partial charge >= 0.3 is 0 Å². The molecule has 0 N–H and O–H groups in total. The molecule has 0 aliphatic carbocycles. The Morgan fingerprint density at radius 1 is 1.59 bits per heavy atom. The molecule has 0 spiro atoms. The van der Waals surface area contributed by atoms with Crippen LogP contribution in [-0.4, -0.2) is 42.9 Å². The third-order valence-electron chi connectivity index (χ3n) is 3.09. The van der Waals surface area contributed by atoms with Crippen LogP contribution in [0.3, 0.4) is 0 Å². The lowest BCUT2D eigenvalue weighted by molar-refractivity contribution is 0.253. The van der Waals surface area contributed by atoms with Gasteiger partial charge < -0.3 is 0 Å². The number of pyridine rings is 1. The van der Waals surface area contributed by atoms with Crippen LogP contribution in [-0.2, 0) is 16.4 Å². The molecule has 17 heavy (non-hydrogen) atoms. The van der Waals surface area contributed by atoms with E-state index >= 15 is 0 Å². The van der Waals surface area contributed by atoms with Crippen LogP contribution in [0.4, 0.5) is 0 Å². The molecule has 0 amide bonds. The van der Waals surface area contributed by atoms with E-state index in [0.717, 1.165) is 5.56 Å². The van der Waals surface area contributed by atoms with E-state index < -0.39 is 9.84 Å². The summed E-state index contributed by atoms with van der Waals surface area (Å²) in [6, 6.07) is 3.84. The van der Waals surface area contributed by atoms with Crippen LogP contribution in [0.5, 0.6) is 0 Å². The highest BCUT2D eigenvalue weighted by Gasteiger charge is 2.30. The zero-order valence-corrected chi connectivity index (χ0v) is 11.2. The second-order valence-corrected chi connectivity index (χ2v) is 7.01. The number of halogens is 1. The molecule has 6 heteroatoms. The highest BCUT2D eigenvalue weighted by molar-refractivity contribution is 7.91. The van der Waals surface area contributed by atoms with E-state index in [-0.39, 0.29) is 11.8 Å². The Morgan fingerprint density at radius 2 is 2.35 bits per heavy atom. The third kappa shape index (κ3) is 3.18. The maximum atomic E-state index is 11.4. The molecule has 1 aromatic rings. The second kappa shape index (κ2) is 4.92. The van der Waals surface area contributed by atoms with Gasteiger partial charge in [-0.1, -0.05) is 17.7 Å². The van der Waals surface area contributed by atoms with Gasteiger partial charge in [-0.25, -0.2) is 13.4 Å². The predicted octanol–water partition coefficient (Wildman–Crippen LogP) is 1.35. The smallest absolute Gasteiger partial charge is 0.151 e. The van der Waals surface area contributed by atoms with Crippen molar-refractivity contribution in [2.75, 3.05) is 18.6 Å². The fourth-order valence-corrected chi connectivity index (χ4v) is 4.04. The van der Waals surface area contributed by atoms with Crippen molar-refractivity contribution < 1.29 is 8.42 Å². The van der Waals surface area contributed by atoms with Gasteiger partial charge in [-0.2, -0.15) is 0 Å². The lowest BCUT2D eigenvalue weighted by atomic mass is 10.2. The largest absolute Gasteiger partial charge is 0.298 e. The summed E-state index contributed by atoms with van der Waals surface area (Å²) in [6.07, 6.45) is 2.35. The summed E-state index contributed by atoms with van der Waals surface area (Å²) in [6.45, 7) is 0.632. The van der Waals surface area contributed by atoms with Crippen LogP contribution >= 0.6 is 11.6 Å². The minimum Gasteiger partial charge on any atom is -0.298 e. The van der Waals surface area contributed by atoms with E-state index in [1.165, 1.54) is 0 Å². The first-order chi connectivity index (χ1) is 7.98. The van der Waals surface area contributed by atoms with E-state index in [9.17, 15) is 8.42 Å². The SMILES string of the molecule is CN(Cc1cccnc1Cl)C1CCS(=O)(=O)C1. The lowest BCUT2D eigenvalue weighted by Gasteiger charge is -2.23. The molecule has 1 aromatic heterocycles. The van der Waals surface area contributed by atoms with Gasteiger partial charge in [0, 0.05) is 24.3 Å². The van der Waals surface area contributed by atoms with Crippen molar-refractivity contribution in [3.05, 3.63) is 29.0 Å². The van der Waals surface area contributed by atoms with Gasteiger partial charge in [-0.05, 0) is 19.5 Å². The van der Waals surface area contributed by atoms with Crippen molar-refractivity contribution >= 4 is 21.4 Å². The van der Waals surface area contributed by atoms with Crippen LogP contribution in [0, 0.1) is 0 Å². The Hall–Kier alpha value is -0.650. The molecule has 0 radical (unpaired) electrons. The molecule has 2 heterocycles. The molecule has 0 bridgehead atoms. The van der Waals surface area contributed by atoms with Gasteiger partial charge in [0.25, 0.3) is 0 Å². The topological polar surface area (TPSA) is 50.3 Å². The molecule has 1 aliphatic rings. The number of rotatable bonds is 3. The van der Waals surface area contributed by atoms with E-state index in [4.69, 9.17) is 11.6 Å². The molecule has 0 saturated carbocycles. The van der Waals surface area contributed by atoms with E-state index in [1.807, 2.05) is 24.1 Å². The average molecular weight is 275 g/mol. The molecule has 4 nitrogen and oxygen atoms in total. The average Bonchev–Trinajstić information content (AvgIpc) is 2.62. The number of hydrogen-bond donors (Lipinski definition) is 0. The Balaban J connectivity index is 2.03. The molecule has 94 valence electrons. The molecule has 1 unspecified atom stereocenters. The monoisotopic (exact) mass is 274 g/mol. The molecular formula is C11H15ClN2O2S. The van der Waals surface area contributed by atoms with Crippen molar-refractivity contribution in [2.45, 2.75) is 19.0 Å². The van der Waals surface area contributed by atoms with Crippen molar-refractivity contribution in [3.63, 3.8) is 0 Å². The zero-order chi connectivity index (χ0) is 12.5. The fourth-order valence-electron chi connectivity index (χ4n) is 2.06. The van der Waals surface area contributed by atoms with Crippen LogP contribution in [0.1, 0.15) is 12.0 Å². The van der Waals surface area contributed by atoms with Crippen molar-refractivity contribution in [3.8, 4) is 0 Å². The highest BCUT2D eigenvalue weighted by atomic mass is 35.5. The van der Waals surface area contributed by atoms with E-state index in [2.05, 4.69) is 4.98 Å². The van der Waals surface area contributed by atoms with Gasteiger partial charge in [-0.15, -0.1) is 0 Å². The summed E-state index contributed by atoms with van der Waals surface area (Å²) in [4.78, 5) is 6.04. The standard InChI is InChI=1S/C11H15ClN2O2S/c1-14(10-4-6-17(15,16)8-10)7-9-3-2-5-13-11(9)12/h2-3,5,10H,4,6-8H2,1H3. The Bertz CT molecular complexity index is 504. The van der Waals surface area contributed by atoms with Gasteiger partial charge in [-0.3, -0.25) is 4.90 Å². The molecule has 1 fully saturated rings. The Labute approximate surface area is 107 Å². The lowest BCUT2D eigenvalue weighted by Crippen LogP contribution is -2.32. The highest BCUT2D eigenvalue weighted by Crippen LogP contribution is 2.20. The van der Waals surface area contributed by atoms with Crippen LogP contribution in [0.15, 0.2) is 18.3 Å².